The molecule has 114 valence electrons. The summed E-state index contributed by atoms with van der Waals surface area (Å²) in [6, 6.07) is 7.81. The van der Waals surface area contributed by atoms with Crippen LogP contribution in [0.25, 0.3) is 0 Å². The average molecular weight is 310 g/mol. The Morgan fingerprint density at radius 2 is 2.05 bits per heavy atom. The van der Waals surface area contributed by atoms with E-state index < -0.39 is 22.0 Å². The number of carboxylic acid groups (broad SMARTS) is 1. The van der Waals surface area contributed by atoms with Crippen molar-refractivity contribution in [3.05, 3.63) is 35.4 Å². The highest BCUT2D eigenvalue weighted by molar-refractivity contribution is 7.88. The van der Waals surface area contributed by atoms with Gasteiger partial charge in [-0.25, -0.2) is 8.42 Å². The zero-order valence-electron chi connectivity index (χ0n) is 12.0. The van der Waals surface area contributed by atoms with Crippen LogP contribution in [0.2, 0.25) is 0 Å². The van der Waals surface area contributed by atoms with Crippen LogP contribution in [-0.2, 0) is 20.6 Å². The van der Waals surface area contributed by atoms with Gasteiger partial charge < -0.3 is 5.11 Å². The van der Waals surface area contributed by atoms with Crippen molar-refractivity contribution in [3.8, 4) is 6.07 Å². The van der Waals surface area contributed by atoms with Crippen LogP contribution in [-0.4, -0.2) is 36.4 Å². The molecule has 6 nitrogen and oxygen atoms in total. The lowest BCUT2D eigenvalue weighted by atomic mass is 10.1. The SMILES string of the molecule is CCN(C(C)CC(=O)O)S(=O)(=O)Cc1ccccc1C#N. The van der Waals surface area contributed by atoms with Gasteiger partial charge in [0, 0.05) is 12.6 Å². The van der Waals surface area contributed by atoms with Gasteiger partial charge in [0.1, 0.15) is 0 Å². The molecule has 1 unspecified atom stereocenters. The number of benzene rings is 1. The highest BCUT2D eigenvalue weighted by atomic mass is 32.2. The van der Waals surface area contributed by atoms with Crippen molar-refractivity contribution in [2.24, 2.45) is 0 Å². The van der Waals surface area contributed by atoms with Gasteiger partial charge in [-0.2, -0.15) is 9.57 Å². The zero-order chi connectivity index (χ0) is 16.0. The van der Waals surface area contributed by atoms with E-state index in [-0.39, 0.29) is 18.7 Å². The molecule has 0 saturated carbocycles. The molecule has 0 fully saturated rings. The lowest BCUT2D eigenvalue weighted by Crippen LogP contribution is -2.40. The Morgan fingerprint density at radius 1 is 1.43 bits per heavy atom. The summed E-state index contributed by atoms with van der Waals surface area (Å²) >= 11 is 0. The number of carbonyl (C=O) groups is 1. The summed E-state index contributed by atoms with van der Waals surface area (Å²) in [5.74, 6) is -1.36. The van der Waals surface area contributed by atoms with Gasteiger partial charge >= 0.3 is 5.97 Å². The Bertz CT molecular complexity index is 649. The molecule has 0 aliphatic rings. The number of rotatable bonds is 7. The predicted molar refractivity (Wildman–Crippen MR) is 77.9 cm³/mol. The fraction of sp³-hybridized carbons (Fsp3) is 0.429. The molecule has 0 bridgehead atoms. The molecule has 1 aromatic rings. The third-order valence-electron chi connectivity index (χ3n) is 3.11. The van der Waals surface area contributed by atoms with Crippen LogP contribution >= 0.6 is 0 Å². The van der Waals surface area contributed by atoms with E-state index in [1.54, 1.807) is 38.1 Å². The van der Waals surface area contributed by atoms with Crippen molar-refractivity contribution >= 4 is 16.0 Å². The summed E-state index contributed by atoms with van der Waals surface area (Å²) in [7, 11) is -3.68. The van der Waals surface area contributed by atoms with Crippen LogP contribution < -0.4 is 0 Å². The Morgan fingerprint density at radius 3 is 2.57 bits per heavy atom. The molecular weight excluding hydrogens is 292 g/mol. The van der Waals surface area contributed by atoms with Gasteiger partial charge in [0.25, 0.3) is 0 Å². The second kappa shape index (κ2) is 7.20. The second-order valence-electron chi connectivity index (χ2n) is 4.68. The summed E-state index contributed by atoms with van der Waals surface area (Å²) in [4.78, 5) is 10.8. The molecule has 1 atom stereocenters. The first kappa shape index (κ1) is 17.1. The van der Waals surface area contributed by atoms with Crippen LogP contribution in [0.3, 0.4) is 0 Å². The van der Waals surface area contributed by atoms with Gasteiger partial charge in [-0.05, 0) is 18.6 Å². The number of nitriles is 1. The van der Waals surface area contributed by atoms with Gasteiger partial charge in [-0.15, -0.1) is 0 Å². The Hall–Kier alpha value is -1.91. The molecule has 0 amide bonds. The van der Waals surface area contributed by atoms with Crippen LogP contribution in [0, 0.1) is 11.3 Å². The molecule has 0 heterocycles. The van der Waals surface area contributed by atoms with E-state index >= 15 is 0 Å². The van der Waals surface area contributed by atoms with Crippen molar-refractivity contribution < 1.29 is 18.3 Å². The van der Waals surface area contributed by atoms with E-state index in [9.17, 15) is 13.2 Å². The van der Waals surface area contributed by atoms with Crippen molar-refractivity contribution in [1.29, 1.82) is 5.26 Å². The third kappa shape index (κ3) is 4.55. The van der Waals surface area contributed by atoms with Crippen LogP contribution in [0.15, 0.2) is 24.3 Å². The Kier molecular flexibility index (Phi) is 5.88. The molecule has 21 heavy (non-hydrogen) atoms. The van der Waals surface area contributed by atoms with Gasteiger partial charge in [0.15, 0.2) is 0 Å². The highest BCUT2D eigenvalue weighted by Crippen LogP contribution is 2.18. The summed E-state index contributed by atoms with van der Waals surface area (Å²) < 4.78 is 26.1. The smallest absolute Gasteiger partial charge is 0.304 e. The summed E-state index contributed by atoms with van der Waals surface area (Å²) in [6.45, 7) is 3.41. The van der Waals surface area contributed by atoms with Crippen LogP contribution in [0.4, 0.5) is 0 Å². The maximum absolute atomic E-state index is 12.4. The Labute approximate surface area is 124 Å². The van der Waals surface area contributed by atoms with Crippen molar-refractivity contribution in [2.75, 3.05) is 6.54 Å². The second-order valence-corrected chi connectivity index (χ2v) is 6.60. The fourth-order valence-corrected chi connectivity index (χ4v) is 4.00. The maximum Gasteiger partial charge on any atom is 0.304 e. The molecular formula is C14H18N2O4S. The number of nitrogens with zero attached hydrogens (tertiary/aromatic N) is 2. The van der Waals surface area contributed by atoms with E-state index in [4.69, 9.17) is 10.4 Å². The van der Waals surface area contributed by atoms with E-state index in [1.807, 2.05) is 6.07 Å². The summed E-state index contributed by atoms with van der Waals surface area (Å²) in [5, 5.41) is 17.8. The maximum atomic E-state index is 12.4. The number of hydrogen-bond donors (Lipinski definition) is 1. The molecule has 0 aliphatic carbocycles. The van der Waals surface area contributed by atoms with Gasteiger partial charge in [0.2, 0.25) is 10.0 Å². The predicted octanol–water partition coefficient (Wildman–Crippen LogP) is 1.57. The molecule has 0 aliphatic heterocycles. The standard InChI is InChI=1S/C14H18N2O4S/c1-3-16(11(2)8-14(17)18)21(19,20)10-13-7-5-4-6-12(13)9-15/h4-7,11H,3,8,10H2,1-2H3,(H,17,18). The first-order chi connectivity index (χ1) is 9.81. The van der Waals surface area contributed by atoms with Crippen molar-refractivity contribution in [2.45, 2.75) is 32.1 Å². The van der Waals surface area contributed by atoms with E-state index in [0.717, 1.165) is 4.31 Å². The minimum absolute atomic E-state index is 0.186. The monoisotopic (exact) mass is 310 g/mol. The largest absolute Gasteiger partial charge is 0.481 e. The third-order valence-corrected chi connectivity index (χ3v) is 5.11. The average Bonchev–Trinajstić information content (AvgIpc) is 2.38. The first-order valence-corrected chi connectivity index (χ1v) is 8.12. The molecule has 1 rings (SSSR count). The van der Waals surface area contributed by atoms with E-state index in [0.29, 0.717) is 11.1 Å². The van der Waals surface area contributed by atoms with Gasteiger partial charge in [-0.3, -0.25) is 4.79 Å². The normalized spacial score (nSPS) is 12.9. The van der Waals surface area contributed by atoms with Crippen molar-refractivity contribution in [1.82, 2.24) is 4.31 Å². The molecule has 7 heteroatoms. The lowest BCUT2D eigenvalue weighted by molar-refractivity contribution is -0.137. The zero-order valence-corrected chi connectivity index (χ0v) is 12.8. The van der Waals surface area contributed by atoms with Crippen molar-refractivity contribution in [3.63, 3.8) is 0 Å². The van der Waals surface area contributed by atoms with Crippen LogP contribution in [0.5, 0.6) is 0 Å². The minimum Gasteiger partial charge on any atom is -0.481 e. The van der Waals surface area contributed by atoms with Gasteiger partial charge in [0.05, 0.1) is 23.8 Å². The highest BCUT2D eigenvalue weighted by Gasteiger charge is 2.28. The van der Waals surface area contributed by atoms with E-state index in [2.05, 4.69) is 0 Å². The van der Waals surface area contributed by atoms with E-state index in [1.165, 1.54) is 0 Å². The Balaban J connectivity index is 3.03. The molecule has 0 saturated heterocycles. The molecule has 1 N–H and O–H groups in total. The van der Waals surface area contributed by atoms with Crippen LogP contribution in [0.1, 0.15) is 31.4 Å². The lowest BCUT2D eigenvalue weighted by Gasteiger charge is -2.26. The topological polar surface area (TPSA) is 98.5 Å². The summed E-state index contributed by atoms with van der Waals surface area (Å²) in [6.07, 6.45) is -0.257. The van der Waals surface area contributed by atoms with Gasteiger partial charge in [-0.1, -0.05) is 25.1 Å². The number of hydrogen-bond acceptors (Lipinski definition) is 4. The molecule has 0 aromatic heterocycles. The molecule has 1 aromatic carbocycles. The number of carboxylic acids is 1. The molecule has 0 radical (unpaired) electrons. The molecule has 0 spiro atoms. The fourth-order valence-electron chi connectivity index (χ4n) is 2.17. The first-order valence-electron chi connectivity index (χ1n) is 6.51. The quantitative estimate of drug-likeness (QED) is 0.824. The number of sulfonamides is 1. The summed E-state index contributed by atoms with van der Waals surface area (Å²) in [5.41, 5.74) is 0.726. The number of aliphatic carboxylic acids is 1. The minimum atomic E-state index is -3.68.